The van der Waals surface area contributed by atoms with E-state index in [2.05, 4.69) is 28.6 Å². The molecular weight excluding hydrogens is 322 g/mol. The fourth-order valence-electron chi connectivity index (χ4n) is 4.58. The van der Waals surface area contributed by atoms with Crippen molar-refractivity contribution in [2.45, 2.75) is 63.5 Å². The minimum absolute atomic E-state index is 0.00170. The third kappa shape index (κ3) is 2.47. The van der Waals surface area contributed by atoms with E-state index in [4.69, 9.17) is 0 Å². The van der Waals surface area contributed by atoms with Crippen molar-refractivity contribution in [3.8, 4) is 0 Å². The number of rotatable bonds is 3. The monoisotopic (exact) mass is 347 g/mol. The van der Waals surface area contributed by atoms with Crippen LogP contribution in [0.15, 0.2) is 11.4 Å². The summed E-state index contributed by atoms with van der Waals surface area (Å²) in [4.78, 5) is 30.7. The molecule has 1 N–H and O–H groups in total. The molecule has 1 atom stereocenters. The molecule has 0 aromatic carbocycles. The quantitative estimate of drug-likeness (QED) is 0.854. The van der Waals surface area contributed by atoms with E-state index in [1.165, 1.54) is 15.3 Å². The Morgan fingerprint density at radius 1 is 1.29 bits per heavy atom. The molecule has 130 valence electrons. The van der Waals surface area contributed by atoms with Gasteiger partial charge in [-0.3, -0.25) is 9.69 Å². The van der Waals surface area contributed by atoms with E-state index < -0.39 is 5.54 Å². The highest BCUT2D eigenvalue weighted by Gasteiger charge is 2.51. The third-order valence-corrected chi connectivity index (χ3v) is 6.87. The minimum Gasteiger partial charge on any atom is -0.323 e. The fourth-order valence-corrected chi connectivity index (χ4v) is 5.50. The van der Waals surface area contributed by atoms with Crippen molar-refractivity contribution in [1.29, 1.82) is 0 Å². The smallest absolute Gasteiger partial charge is 0.323 e. The van der Waals surface area contributed by atoms with Gasteiger partial charge in [0.15, 0.2) is 0 Å². The van der Waals surface area contributed by atoms with Crippen LogP contribution in [0.25, 0.3) is 0 Å². The van der Waals surface area contributed by atoms with Crippen LogP contribution in [0.5, 0.6) is 0 Å². The summed E-state index contributed by atoms with van der Waals surface area (Å²) >= 11 is 1.82. The topological polar surface area (TPSA) is 52.6 Å². The van der Waals surface area contributed by atoms with E-state index in [1.54, 1.807) is 0 Å². The molecule has 0 bridgehead atoms. The number of nitrogens with zero attached hydrogens (tertiary/aromatic N) is 2. The fraction of sp³-hybridized carbons (Fsp3) is 0.667. The normalized spacial score (nSPS) is 26.7. The molecule has 1 aromatic rings. The SMILES string of the molecule is CC[C@H]1c2ccsc2CCN1CN1C(=O)NC2(CCCCC2)C1=O. The number of imide groups is 1. The molecule has 3 heterocycles. The van der Waals surface area contributed by atoms with Gasteiger partial charge in [0.05, 0.1) is 6.67 Å². The van der Waals surface area contributed by atoms with Gasteiger partial charge in [-0.1, -0.05) is 26.2 Å². The number of thiophene rings is 1. The highest BCUT2D eigenvalue weighted by molar-refractivity contribution is 7.10. The summed E-state index contributed by atoms with van der Waals surface area (Å²) in [5.74, 6) is -0.00170. The maximum atomic E-state index is 13.0. The molecule has 0 radical (unpaired) electrons. The van der Waals surface area contributed by atoms with Gasteiger partial charge >= 0.3 is 6.03 Å². The minimum atomic E-state index is -0.611. The second kappa shape index (κ2) is 6.15. The van der Waals surface area contributed by atoms with E-state index in [9.17, 15) is 9.59 Å². The number of fused-ring (bicyclic) bond motifs is 1. The number of nitrogens with one attached hydrogen (secondary N) is 1. The first-order valence-corrected chi connectivity index (χ1v) is 9.97. The number of carbonyl (C=O) groups is 2. The zero-order valence-corrected chi connectivity index (χ0v) is 15.0. The van der Waals surface area contributed by atoms with Gasteiger partial charge in [0.25, 0.3) is 5.91 Å². The van der Waals surface area contributed by atoms with Crippen LogP contribution in [0.2, 0.25) is 0 Å². The molecule has 4 rings (SSSR count). The Kier molecular flexibility index (Phi) is 4.12. The molecule has 2 aliphatic heterocycles. The van der Waals surface area contributed by atoms with Crippen LogP contribution in [0.1, 0.15) is 61.9 Å². The lowest BCUT2D eigenvalue weighted by atomic mass is 9.82. The molecule has 24 heavy (non-hydrogen) atoms. The molecule has 0 unspecified atom stereocenters. The van der Waals surface area contributed by atoms with E-state index in [0.29, 0.717) is 12.7 Å². The molecule has 1 spiro atoms. The number of hydrogen-bond acceptors (Lipinski definition) is 4. The zero-order chi connectivity index (χ0) is 16.7. The van der Waals surface area contributed by atoms with Gasteiger partial charge in [-0.25, -0.2) is 9.69 Å². The largest absolute Gasteiger partial charge is 0.326 e. The number of hydrogen-bond donors (Lipinski definition) is 1. The Bertz CT molecular complexity index is 650. The predicted molar refractivity (Wildman–Crippen MR) is 93.8 cm³/mol. The van der Waals surface area contributed by atoms with Gasteiger partial charge in [0.1, 0.15) is 5.54 Å². The first-order chi connectivity index (χ1) is 11.6. The Hall–Kier alpha value is -1.40. The number of urea groups is 1. The highest BCUT2D eigenvalue weighted by Crippen LogP contribution is 2.37. The Labute approximate surface area is 147 Å². The lowest BCUT2D eigenvalue weighted by Gasteiger charge is -2.37. The van der Waals surface area contributed by atoms with Gasteiger partial charge < -0.3 is 5.32 Å². The van der Waals surface area contributed by atoms with Crippen LogP contribution in [-0.4, -0.2) is 40.5 Å². The summed E-state index contributed by atoms with van der Waals surface area (Å²) in [5.41, 5.74) is 0.772. The molecule has 1 aromatic heterocycles. The van der Waals surface area contributed by atoms with Gasteiger partial charge in [-0.2, -0.15) is 0 Å². The van der Waals surface area contributed by atoms with Gasteiger partial charge in [0, 0.05) is 17.5 Å². The van der Waals surface area contributed by atoms with Crippen molar-refractivity contribution >= 4 is 23.3 Å². The molecular formula is C18H25N3O2S. The van der Waals surface area contributed by atoms with Crippen LogP contribution in [-0.2, 0) is 11.2 Å². The summed E-state index contributed by atoms with van der Waals surface area (Å²) in [6.07, 6.45) is 6.81. The van der Waals surface area contributed by atoms with Crippen molar-refractivity contribution in [3.63, 3.8) is 0 Å². The summed E-state index contributed by atoms with van der Waals surface area (Å²) in [6.45, 7) is 3.51. The summed E-state index contributed by atoms with van der Waals surface area (Å²) in [7, 11) is 0. The van der Waals surface area contributed by atoms with E-state index >= 15 is 0 Å². The summed E-state index contributed by atoms with van der Waals surface area (Å²) in [5, 5.41) is 5.17. The second-order valence-electron chi connectivity index (χ2n) is 7.23. The first kappa shape index (κ1) is 16.1. The molecule has 1 saturated carbocycles. The third-order valence-electron chi connectivity index (χ3n) is 5.87. The Morgan fingerprint density at radius 2 is 2.08 bits per heavy atom. The van der Waals surface area contributed by atoms with Crippen molar-refractivity contribution in [1.82, 2.24) is 15.1 Å². The molecule has 3 aliphatic rings. The predicted octanol–water partition coefficient (Wildman–Crippen LogP) is 3.27. The molecule has 1 saturated heterocycles. The molecule has 3 amide bonds. The average molecular weight is 347 g/mol. The van der Waals surface area contributed by atoms with E-state index in [1.807, 2.05) is 11.3 Å². The highest BCUT2D eigenvalue weighted by atomic mass is 32.1. The first-order valence-electron chi connectivity index (χ1n) is 9.09. The van der Waals surface area contributed by atoms with E-state index in [-0.39, 0.29) is 11.9 Å². The maximum Gasteiger partial charge on any atom is 0.326 e. The van der Waals surface area contributed by atoms with Gasteiger partial charge in [-0.05, 0) is 42.7 Å². The average Bonchev–Trinajstić information content (AvgIpc) is 3.15. The van der Waals surface area contributed by atoms with Gasteiger partial charge in [-0.15, -0.1) is 11.3 Å². The van der Waals surface area contributed by atoms with Crippen molar-refractivity contribution < 1.29 is 9.59 Å². The number of amides is 3. The lowest BCUT2D eigenvalue weighted by molar-refractivity contribution is -0.134. The maximum absolute atomic E-state index is 13.0. The molecule has 6 heteroatoms. The Morgan fingerprint density at radius 3 is 2.83 bits per heavy atom. The standard InChI is InChI=1S/C18H25N3O2S/c1-2-14-13-7-11-24-15(13)6-10-20(14)12-21-16(22)18(19-17(21)23)8-4-3-5-9-18/h7,11,14H,2-6,8-10,12H2,1H3,(H,19,23)/t14-/m0/s1. The summed E-state index contributed by atoms with van der Waals surface area (Å²) < 4.78 is 0. The Balaban J connectivity index is 1.53. The van der Waals surface area contributed by atoms with Crippen molar-refractivity contribution in [2.75, 3.05) is 13.2 Å². The second-order valence-corrected chi connectivity index (χ2v) is 8.23. The van der Waals surface area contributed by atoms with Crippen molar-refractivity contribution in [3.05, 3.63) is 21.9 Å². The van der Waals surface area contributed by atoms with Gasteiger partial charge in [0.2, 0.25) is 0 Å². The van der Waals surface area contributed by atoms with Crippen LogP contribution >= 0.6 is 11.3 Å². The molecule has 1 aliphatic carbocycles. The molecule has 5 nitrogen and oxygen atoms in total. The van der Waals surface area contributed by atoms with Crippen LogP contribution in [0.4, 0.5) is 4.79 Å². The van der Waals surface area contributed by atoms with E-state index in [0.717, 1.165) is 51.5 Å². The molecule has 2 fully saturated rings. The van der Waals surface area contributed by atoms with Crippen molar-refractivity contribution in [2.24, 2.45) is 0 Å². The van der Waals surface area contributed by atoms with Crippen LogP contribution in [0.3, 0.4) is 0 Å². The van der Waals surface area contributed by atoms with Crippen LogP contribution in [0, 0.1) is 0 Å². The van der Waals surface area contributed by atoms with Crippen LogP contribution < -0.4 is 5.32 Å². The lowest BCUT2D eigenvalue weighted by Crippen LogP contribution is -2.49. The number of carbonyl (C=O) groups excluding carboxylic acids is 2. The summed E-state index contributed by atoms with van der Waals surface area (Å²) in [6, 6.07) is 2.31. The zero-order valence-electron chi connectivity index (χ0n) is 14.2.